The summed E-state index contributed by atoms with van der Waals surface area (Å²) in [4.78, 5) is 11.1. The first-order valence-electron chi connectivity index (χ1n) is 5.02. The Morgan fingerprint density at radius 1 is 1.21 bits per heavy atom. The van der Waals surface area contributed by atoms with E-state index < -0.39 is 0 Å². The molecule has 0 fully saturated rings. The summed E-state index contributed by atoms with van der Waals surface area (Å²) in [6.07, 6.45) is 4.42. The first kappa shape index (κ1) is 9.20. The first-order chi connectivity index (χ1) is 6.75. The predicted octanol–water partition coefficient (Wildman–Crippen LogP) is 2.83. The van der Waals surface area contributed by atoms with Gasteiger partial charge in [0.1, 0.15) is 0 Å². The van der Waals surface area contributed by atoms with Gasteiger partial charge in [-0.2, -0.15) is 0 Å². The van der Waals surface area contributed by atoms with Gasteiger partial charge in [0.05, 0.1) is 0 Å². The average Bonchev–Trinajstić information content (AvgIpc) is 2.56. The Bertz CT molecular complexity index is 388. The lowest BCUT2D eigenvalue weighted by atomic mass is 10.0. The van der Waals surface area contributed by atoms with E-state index in [4.69, 9.17) is 0 Å². The van der Waals surface area contributed by atoms with Crippen molar-refractivity contribution >= 4 is 5.78 Å². The zero-order valence-corrected chi connectivity index (χ0v) is 8.42. The summed E-state index contributed by atoms with van der Waals surface area (Å²) < 4.78 is 0. The largest absolute Gasteiger partial charge is 0.295 e. The highest BCUT2D eigenvalue weighted by Gasteiger charge is 2.12. The normalized spacial score (nSPS) is 15.8. The van der Waals surface area contributed by atoms with Crippen LogP contribution in [0.1, 0.15) is 24.0 Å². The molecule has 1 nitrogen and oxygen atoms in total. The molecular weight excluding hydrogens is 172 g/mol. The van der Waals surface area contributed by atoms with E-state index in [1.165, 1.54) is 16.7 Å². The van der Waals surface area contributed by atoms with Gasteiger partial charge in [0.25, 0.3) is 0 Å². The molecule has 0 saturated carbocycles. The summed E-state index contributed by atoms with van der Waals surface area (Å²) in [7, 11) is 0. The van der Waals surface area contributed by atoms with Crippen LogP contribution in [-0.2, 0) is 11.2 Å². The highest BCUT2D eigenvalue weighted by Crippen LogP contribution is 2.21. The van der Waals surface area contributed by atoms with Crippen molar-refractivity contribution in [2.75, 3.05) is 0 Å². The molecule has 1 aliphatic rings. The number of ketones is 1. The SMILES string of the molecule is Cc1ccccc1CC1=CC(=O)CC1. The molecule has 0 N–H and O–H groups in total. The molecule has 1 aromatic carbocycles. The molecule has 0 saturated heterocycles. The topological polar surface area (TPSA) is 17.1 Å². The van der Waals surface area contributed by atoms with Crippen molar-refractivity contribution in [3.63, 3.8) is 0 Å². The van der Waals surface area contributed by atoms with E-state index in [1.807, 2.05) is 12.1 Å². The van der Waals surface area contributed by atoms with Crippen molar-refractivity contribution in [2.45, 2.75) is 26.2 Å². The third-order valence-corrected chi connectivity index (χ3v) is 2.74. The number of hydrogen-bond acceptors (Lipinski definition) is 1. The van der Waals surface area contributed by atoms with Crippen LogP contribution in [0.2, 0.25) is 0 Å². The fourth-order valence-electron chi connectivity index (χ4n) is 1.85. The lowest BCUT2D eigenvalue weighted by Crippen LogP contribution is -1.90. The Labute approximate surface area is 84.5 Å². The maximum absolute atomic E-state index is 11.1. The van der Waals surface area contributed by atoms with Gasteiger partial charge in [0, 0.05) is 6.42 Å². The van der Waals surface area contributed by atoms with E-state index in [9.17, 15) is 4.79 Å². The van der Waals surface area contributed by atoms with Crippen LogP contribution in [-0.4, -0.2) is 5.78 Å². The minimum absolute atomic E-state index is 0.286. The van der Waals surface area contributed by atoms with E-state index >= 15 is 0 Å². The number of allylic oxidation sites excluding steroid dienone is 2. The monoisotopic (exact) mass is 186 g/mol. The highest BCUT2D eigenvalue weighted by molar-refractivity contribution is 5.93. The maximum Gasteiger partial charge on any atom is 0.155 e. The molecular formula is C13H14O. The minimum atomic E-state index is 0.286. The quantitative estimate of drug-likeness (QED) is 0.694. The molecule has 0 aliphatic heterocycles. The van der Waals surface area contributed by atoms with Gasteiger partial charge in [0.15, 0.2) is 5.78 Å². The zero-order chi connectivity index (χ0) is 9.97. The first-order valence-corrected chi connectivity index (χ1v) is 5.02. The van der Waals surface area contributed by atoms with Gasteiger partial charge in [-0.25, -0.2) is 0 Å². The van der Waals surface area contributed by atoms with Crippen molar-refractivity contribution < 1.29 is 4.79 Å². The summed E-state index contributed by atoms with van der Waals surface area (Å²) in [5.74, 6) is 0.286. The lowest BCUT2D eigenvalue weighted by molar-refractivity contribution is -0.114. The third kappa shape index (κ3) is 1.92. The molecule has 0 radical (unpaired) electrons. The summed E-state index contributed by atoms with van der Waals surface area (Å²) >= 11 is 0. The number of benzene rings is 1. The van der Waals surface area contributed by atoms with Gasteiger partial charge in [-0.15, -0.1) is 0 Å². The Kier molecular flexibility index (Phi) is 2.49. The Balaban J connectivity index is 2.15. The van der Waals surface area contributed by atoms with Crippen molar-refractivity contribution in [3.05, 3.63) is 47.0 Å². The van der Waals surface area contributed by atoms with Gasteiger partial charge >= 0.3 is 0 Å². The van der Waals surface area contributed by atoms with Gasteiger partial charge in [0.2, 0.25) is 0 Å². The van der Waals surface area contributed by atoms with Crippen LogP contribution >= 0.6 is 0 Å². The molecule has 0 amide bonds. The zero-order valence-electron chi connectivity index (χ0n) is 8.42. The summed E-state index contributed by atoms with van der Waals surface area (Å²) in [5.41, 5.74) is 3.94. The smallest absolute Gasteiger partial charge is 0.155 e. The molecule has 14 heavy (non-hydrogen) atoms. The van der Waals surface area contributed by atoms with Crippen LogP contribution in [0.25, 0.3) is 0 Å². The molecule has 0 atom stereocenters. The molecule has 1 aliphatic carbocycles. The molecule has 1 heteroatoms. The fraction of sp³-hybridized carbons (Fsp3) is 0.308. The van der Waals surface area contributed by atoms with Crippen LogP contribution in [0.15, 0.2) is 35.9 Å². The Morgan fingerprint density at radius 2 is 2.00 bits per heavy atom. The van der Waals surface area contributed by atoms with Gasteiger partial charge < -0.3 is 0 Å². The lowest BCUT2D eigenvalue weighted by Gasteiger charge is -2.05. The van der Waals surface area contributed by atoms with Crippen LogP contribution < -0.4 is 0 Å². The highest BCUT2D eigenvalue weighted by atomic mass is 16.1. The number of carbonyl (C=O) groups excluding carboxylic acids is 1. The fourth-order valence-corrected chi connectivity index (χ4v) is 1.85. The van der Waals surface area contributed by atoms with E-state index in [-0.39, 0.29) is 5.78 Å². The summed E-state index contributed by atoms with van der Waals surface area (Å²) in [6.45, 7) is 2.12. The van der Waals surface area contributed by atoms with Crippen molar-refractivity contribution in [1.82, 2.24) is 0 Å². The van der Waals surface area contributed by atoms with Crippen molar-refractivity contribution in [2.24, 2.45) is 0 Å². The van der Waals surface area contributed by atoms with Crippen molar-refractivity contribution in [1.29, 1.82) is 0 Å². The number of carbonyl (C=O) groups is 1. The molecule has 2 rings (SSSR count). The Hall–Kier alpha value is -1.37. The molecule has 0 bridgehead atoms. The molecule has 0 heterocycles. The predicted molar refractivity (Wildman–Crippen MR) is 57.2 cm³/mol. The van der Waals surface area contributed by atoms with Gasteiger partial charge in [-0.1, -0.05) is 29.8 Å². The van der Waals surface area contributed by atoms with Crippen LogP contribution in [0.3, 0.4) is 0 Å². The number of aryl methyl sites for hydroxylation is 1. The third-order valence-electron chi connectivity index (χ3n) is 2.74. The molecule has 0 spiro atoms. The van der Waals surface area contributed by atoms with E-state index in [0.717, 1.165) is 12.8 Å². The van der Waals surface area contributed by atoms with Crippen LogP contribution in [0.4, 0.5) is 0 Å². The second-order valence-electron chi connectivity index (χ2n) is 3.87. The molecule has 0 aromatic heterocycles. The number of hydrogen-bond donors (Lipinski definition) is 0. The maximum atomic E-state index is 11.1. The minimum Gasteiger partial charge on any atom is -0.295 e. The Morgan fingerprint density at radius 3 is 2.64 bits per heavy atom. The average molecular weight is 186 g/mol. The molecule has 1 aromatic rings. The second kappa shape index (κ2) is 3.79. The summed E-state index contributed by atoms with van der Waals surface area (Å²) in [6, 6.07) is 8.36. The van der Waals surface area contributed by atoms with Gasteiger partial charge in [-0.05, 0) is 37.0 Å². The number of rotatable bonds is 2. The second-order valence-corrected chi connectivity index (χ2v) is 3.87. The van der Waals surface area contributed by atoms with E-state index in [1.54, 1.807) is 0 Å². The van der Waals surface area contributed by atoms with Crippen LogP contribution in [0.5, 0.6) is 0 Å². The van der Waals surface area contributed by atoms with E-state index in [0.29, 0.717) is 6.42 Å². The van der Waals surface area contributed by atoms with Crippen LogP contribution in [0, 0.1) is 6.92 Å². The summed E-state index contributed by atoms with van der Waals surface area (Å²) in [5, 5.41) is 0. The van der Waals surface area contributed by atoms with E-state index in [2.05, 4.69) is 25.1 Å². The molecule has 0 unspecified atom stereocenters. The van der Waals surface area contributed by atoms with Crippen molar-refractivity contribution in [3.8, 4) is 0 Å². The van der Waals surface area contributed by atoms with Gasteiger partial charge in [-0.3, -0.25) is 4.79 Å². The molecule has 72 valence electrons. The standard InChI is InChI=1S/C13H14O/c1-10-4-2-3-5-12(10)8-11-6-7-13(14)9-11/h2-5,9H,6-8H2,1H3.